The average Bonchev–Trinajstić information content (AvgIpc) is 4.17. The van der Waals surface area contributed by atoms with Crippen molar-refractivity contribution in [2.45, 2.75) is 73.6 Å². The van der Waals surface area contributed by atoms with Crippen molar-refractivity contribution in [3.63, 3.8) is 0 Å². The number of hydrogen-bond donors (Lipinski definition) is 8. The molecule has 6 aromatic rings. The van der Waals surface area contributed by atoms with Gasteiger partial charge >= 0.3 is 124 Å². The molecule has 3 fully saturated rings. The number of anilines is 3. The fourth-order valence-corrected chi connectivity index (χ4v) is 12.5. The predicted octanol–water partition coefficient (Wildman–Crippen LogP) is -19.4. The van der Waals surface area contributed by atoms with Crippen LogP contribution in [0.25, 0.3) is 33.5 Å². The summed E-state index contributed by atoms with van der Waals surface area (Å²) in [5.41, 5.74) is 15.7. The molecule has 9 heterocycles. The van der Waals surface area contributed by atoms with Crippen LogP contribution in [0.15, 0.2) is 30.1 Å². The number of aromatic nitrogens is 12. The normalized spacial score (nSPS) is 28.9. The van der Waals surface area contributed by atoms with Gasteiger partial charge < -0.3 is 99.3 Å². The molecule has 3 saturated heterocycles. The number of H-pyrrole nitrogens is 1. The summed E-state index contributed by atoms with van der Waals surface area (Å²) in [5, 5.41) is 55.4. The Morgan fingerprint density at radius 1 is 0.696 bits per heavy atom. The van der Waals surface area contributed by atoms with Gasteiger partial charge in [-0.3, -0.25) is 41.7 Å². The van der Waals surface area contributed by atoms with Gasteiger partial charge in [0.15, 0.2) is 46.9 Å². The summed E-state index contributed by atoms with van der Waals surface area (Å²) in [6, 6.07) is 0. The number of imidazole rings is 3. The van der Waals surface area contributed by atoms with Crippen LogP contribution in [-0.4, -0.2) is 156 Å². The molecule has 0 aromatic carbocycles. The molecule has 6 aromatic heterocycles. The summed E-state index contributed by atoms with van der Waals surface area (Å²) >= 11 is 0. The first-order chi connectivity index (χ1) is 35.2. The molecule has 4 unspecified atom stereocenters. The van der Waals surface area contributed by atoms with Gasteiger partial charge in [0.05, 0.1) is 39.5 Å². The molecular formula is C32H39N15Na4O24P4. The molecular weight excluding hydrogens is 1190 g/mol. The Bertz CT molecular complexity index is 3420. The number of phosphoric acid groups is 4. The number of aliphatic hydroxyl groups excluding tert-OH is 4. The number of aliphatic hydroxyl groups is 4. The Balaban J connectivity index is 0.00000287. The molecule has 47 heteroatoms. The number of phosphoric ester groups is 3. The summed E-state index contributed by atoms with van der Waals surface area (Å²) < 4.78 is 106. The zero-order valence-electron chi connectivity index (χ0n) is 41.8. The molecule has 3 aliphatic rings. The molecule has 79 heavy (non-hydrogen) atoms. The fraction of sp³-hybridized carbons (Fsp3) is 0.531. The van der Waals surface area contributed by atoms with E-state index >= 15 is 0 Å². The molecule has 3 aliphatic heterocycles. The van der Waals surface area contributed by atoms with Crippen molar-refractivity contribution in [2.24, 2.45) is 7.05 Å². The molecule has 0 aliphatic carbocycles. The fourth-order valence-electron chi connectivity index (χ4n) is 8.22. The van der Waals surface area contributed by atoms with Gasteiger partial charge in [0.1, 0.15) is 66.8 Å². The molecule has 0 radical (unpaired) electrons. The van der Waals surface area contributed by atoms with E-state index < -0.39 is 142 Å². The Hall–Kier alpha value is -1.15. The summed E-state index contributed by atoms with van der Waals surface area (Å²) in [4.78, 5) is 93.8. The van der Waals surface area contributed by atoms with Crippen molar-refractivity contribution < 1.29 is 232 Å². The van der Waals surface area contributed by atoms with Crippen molar-refractivity contribution in [3.8, 4) is 5.88 Å². The monoisotopic (exact) mass is 1230 g/mol. The Kier molecular flexibility index (Phi) is 23.1. The zero-order chi connectivity index (χ0) is 54.3. The molecule has 39 nitrogen and oxygen atoms in total. The molecule has 410 valence electrons. The Morgan fingerprint density at radius 3 is 1.89 bits per heavy atom. The first kappa shape index (κ1) is 68.6. The van der Waals surface area contributed by atoms with Crippen LogP contribution in [0.1, 0.15) is 18.7 Å². The van der Waals surface area contributed by atoms with E-state index in [2.05, 4.69) is 57.5 Å². The van der Waals surface area contributed by atoms with E-state index in [1.807, 2.05) is 0 Å². The van der Waals surface area contributed by atoms with Gasteiger partial charge in [-0.25, -0.2) is 38.1 Å². The number of aromatic amines is 1. The number of nitrogens with one attached hydrogen (secondary N) is 1. The maximum Gasteiger partial charge on any atom is 1.00 e. The van der Waals surface area contributed by atoms with E-state index in [1.165, 1.54) is 17.9 Å². The number of nitrogens with two attached hydrogens (primary N) is 3. The molecule has 0 saturated carbocycles. The molecule has 9 rings (SSSR count). The number of fused-ring (bicyclic) bond motifs is 3. The molecule has 16 atom stereocenters. The van der Waals surface area contributed by atoms with E-state index in [9.17, 15) is 68.2 Å². The molecule has 11 N–H and O–H groups in total. The van der Waals surface area contributed by atoms with Gasteiger partial charge in [-0.1, -0.05) is 4.98 Å². The van der Waals surface area contributed by atoms with Crippen molar-refractivity contribution >= 4 is 82.5 Å². The SMILES string of the molecule is CO[C@@H]1[C@H](OP(=O)([O-])OC[C@H]2O[C@@H](n3cnc4c(=O)[nH]c(N)nc43)[C@H](O)[C@@H]2O)[C@@H](COP(=O)([O-])OP(=O)([O-])OP(=O)([O-])OC[C@H]2O[C@@H]([n+]3cn(C)c4c([O-])nc(N)nc43)[C@H](O)[C@@H]2O)O[C@H]1n1cnc2c(N)ncnc21.[Na+].[Na+].[Na+].[Na+]. The smallest absolute Gasteiger partial charge is 0.856 e. The second-order valence-corrected chi connectivity index (χ2v) is 22.2. The quantitative estimate of drug-likeness (QED) is 0.0212. The van der Waals surface area contributed by atoms with Crippen LogP contribution in [0.2, 0.25) is 0 Å². The topological polar surface area (TPSA) is 577 Å². The van der Waals surface area contributed by atoms with Gasteiger partial charge in [0, 0.05) is 13.0 Å². The number of ether oxygens (including phenoxy) is 4. The van der Waals surface area contributed by atoms with Crippen LogP contribution >= 0.6 is 31.3 Å². The molecule has 0 amide bonds. The third-order valence-electron chi connectivity index (χ3n) is 11.5. The number of nitrogen functional groups attached to an aromatic ring is 3. The van der Waals surface area contributed by atoms with Crippen LogP contribution in [0.3, 0.4) is 0 Å². The minimum Gasteiger partial charge on any atom is -0.856 e. The summed E-state index contributed by atoms with van der Waals surface area (Å²) in [7, 11) is -22.4. The van der Waals surface area contributed by atoms with Crippen molar-refractivity contribution in [2.75, 3.05) is 44.1 Å². The van der Waals surface area contributed by atoms with E-state index in [1.54, 1.807) is 0 Å². The van der Waals surface area contributed by atoms with Gasteiger partial charge in [-0.05, 0) is 0 Å². The number of aryl methyl sites for hydroxylation is 1. The maximum absolute atomic E-state index is 13.5. The van der Waals surface area contributed by atoms with Gasteiger partial charge in [-0.15, -0.1) is 0 Å². The van der Waals surface area contributed by atoms with Gasteiger partial charge in [0.2, 0.25) is 12.2 Å². The minimum atomic E-state index is -6.59. The van der Waals surface area contributed by atoms with Crippen LogP contribution in [-0.2, 0) is 71.0 Å². The molecule has 0 bridgehead atoms. The third kappa shape index (κ3) is 14.6. The van der Waals surface area contributed by atoms with Gasteiger partial charge in [-0.2, -0.15) is 4.98 Å². The number of methoxy groups -OCH3 is 1. The molecule has 0 spiro atoms. The third-order valence-corrected chi connectivity index (χ3v) is 16.6. The van der Waals surface area contributed by atoms with Crippen LogP contribution < -0.4 is 170 Å². The first-order valence-corrected chi connectivity index (χ1v) is 26.9. The number of nitrogens with zero attached hydrogens (tertiary/aromatic N) is 11. The second-order valence-electron chi connectivity index (χ2n) is 16.3. The van der Waals surface area contributed by atoms with Crippen LogP contribution in [0.5, 0.6) is 5.88 Å². The van der Waals surface area contributed by atoms with E-state index in [0.717, 1.165) is 39.8 Å². The maximum atomic E-state index is 13.5. The summed E-state index contributed by atoms with van der Waals surface area (Å²) in [6.07, 6.45) is -16.8. The van der Waals surface area contributed by atoms with E-state index in [4.69, 9.17) is 45.2 Å². The zero-order valence-corrected chi connectivity index (χ0v) is 53.3. The summed E-state index contributed by atoms with van der Waals surface area (Å²) in [6.45, 7) is -3.74. The predicted molar refractivity (Wildman–Crippen MR) is 227 cm³/mol. The Morgan fingerprint density at radius 2 is 1.25 bits per heavy atom. The van der Waals surface area contributed by atoms with Crippen molar-refractivity contribution in [3.05, 3.63) is 35.7 Å². The number of hydrogen-bond acceptors (Lipinski definition) is 34. The van der Waals surface area contributed by atoms with Crippen LogP contribution in [0, 0.1) is 0 Å². The largest absolute Gasteiger partial charge is 1.00 e. The van der Waals surface area contributed by atoms with E-state index in [0.29, 0.717) is 0 Å². The van der Waals surface area contributed by atoms with Crippen molar-refractivity contribution in [1.82, 2.24) is 53.6 Å². The average molecular weight is 1230 g/mol. The van der Waals surface area contributed by atoms with Crippen molar-refractivity contribution in [1.29, 1.82) is 0 Å². The number of rotatable bonds is 19. The van der Waals surface area contributed by atoms with E-state index in [-0.39, 0.29) is 163 Å². The first-order valence-electron chi connectivity index (χ1n) is 21.0. The summed E-state index contributed by atoms with van der Waals surface area (Å²) in [5.74, 6) is -1.72. The minimum absolute atomic E-state index is 0. The second kappa shape index (κ2) is 26.6. The standard InChI is InChI=1S/C32H43N15O24P4.4Na/c1-44-9-47(25-15(44)27(53)43-32(35)41-25)29-19(51)17(49)11(67-29)4-64-73(56,57)70-75(60,61)71-74(58,59)65-5-12-20(21(62-2)30(68-12)45-7-38-13-22(33)36-6-37-23(13)45)69-72(54,55)63-3-10-16(48)18(50)28(66-10)46-8-39-14-24(46)40-31(34)42-26(14)52;;;;/h6-12,16-21,28-30,48-51H,3-5H2,1-2H3,(H11-,33,34,35,36,37,40,41,42,43,52,53,54,55,56,57,58,59,60,61);;;;/q;4*+1/p-4/t10-,11-,12-,16-,17-,18-,19-,20-,21-,28-,29-,30-;;;;/m1..../s1. The Labute approximate surface area is 529 Å². The van der Waals surface area contributed by atoms with Gasteiger partial charge in [0.25, 0.3) is 42.8 Å². The van der Waals surface area contributed by atoms with Crippen LogP contribution in [0.4, 0.5) is 17.7 Å².